The largest absolute Gasteiger partial charge is 0.494 e. The maximum atomic E-state index is 13.3. The zero-order valence-electron chi connectivity index (χ0n) is 25.3. The fourth-order valence-corrected chi connectivity index (χ4v) is 4.79. The van der Waals surface area contributed by atoms with Gasteiger partial charge in [-0.2, -0.15) is 5.26 Å². The summed E-state index contributed by atoms with van der Waals surface area (Å²) in [7, 11) is 9.51. The summed E-state index contributed by atoms with van der Waals surface area (Å²) < 4.78 is 7.83. The van der Waals surface area contributed by atoms with Gasteiger partial charge in [0.25, 0.3) is 5.91 Å². The zero-order valence-corrected chi connectivity index (χ0v) is 25.3. The number of aryl methyl sites for hydroxylation is 1. The molecule has 3 heterocycles. The topological polar surface area (TPSA) is 140 Å². The van der Waals surface area contributed by atoms with Crippen molar-refractivity contribution in [2.75, 3.05) is 56.9 Å². The number of imidazole rings is 1. The van der Waals surface area contributed by atoms with Gasteiger partial charge in [-0.3, -0.25) is 4.79 Å². The van der Waals surface area contributed by atoms with Gasteiger partial charge in [-0.15, -0.1) is 0 Å². The van der Waals surface area contributed by atoms with Crippen LogP contribution < -0.4 is 20.3 Å². The Bertz CT molecular complexity index is 1850. The van der Waals surface area contributed by atoms with E-state index in [1.54, 1.807) is 31.8 Å². The predicted molar refractivity (Wildman–Crippen MR) is 173 cm³/mol. The first-order valence-electron chi connectivity index (χ1n) is 13.9. The van der Waals surface area contributed by atoms with Crippen LogP contribution in [-0.2, 0) is 11.8 Å². The lowest BCUT2D eigenvalue weighted by molar-refractivity contribution is -0.112. The molecule has 0 aliphatic rings. The van der Waals surface area contributed by atoms with E-state index >= 15 is 0 Å². The Morgan fingerprint density at radius 2 is 1.93 bits per heavy atom. The third kappa shape index (κ3) is 6.53. The number of H-pyrrole nitrogens is 1. The molecule has 12 nitrogen and oxygen atoms in total. The molecule has 0 saturated carbocycles. The minimum absolute atomic E-state index is 0.0988. The first-order chi connectivity index (χ1) is 21.3. The number of nitrogens with one attached hydrogen (secondary N) is 3. The molecule has 2 aromatic carbocycles. The van der Waals surface area contributed by atoms with Crippen molar-refractivity contribution in [1.29, 1.82) is 5.26 Å². The summed E-state index contributed by atoms with van der Waals surface area (Å²) in [6.45, 7) is 1.46. The molecule has 5 aromatic rings. The van der Waals surface area contributed by atoms with Crippen LogP contribution in [0.3, 0.4) is 0 Å². The van der Waals surface area contributed by atoms with Gasteiger partial charge in [-0.05, 0) is 32.3 Å². The number of nitriles is 1. The van der Waals surface area contributed by atoms with Crippen molar-refractivity contribution < 1.29 is 9.53 Å². The number of ether oxygens (including phenoxy) is 1. The molecule has 0 fully saturated rings. The van der Waals surface area contributed by atoms with Crippen LogP contribution in [0.2, 0.25) is 0 Å². The van der Waals surface area contributed by atoms with Gasteiger partial charge in [0, 0.05) is 80.6 Å². The van der Waals surface area contributed by atoms with Gasteiger partial charge >= 0.3 is 0 Å². The lowest BCUT2D eigenvalue weighted by atomic mass is 10.1. The maximum absolute atomic E-state index is 13.3. The quantitative estimate of drug-likeness (QED) is 0.148. The molecule has 0 spiro atoms. The Kier molecular flexibility index (Phi) is 8.87. The second-order valence-electron chi connectivity index (χ2n) is 10.5. The summed E-state index contributed by atoms with van der Waals surface area (Å²) in [6, 6.07) is 15.6. The first-order valence-corrected chi connectivity index (χ1v) is 13.9. The van der Waals surface area contributed by atoms with E-state index in [1.165, 1.54) is 6.08 Å². The summed E-state index contributed by atoms with van der Waals surface area (Å²) in [5, 5.41) is 17.0. The summed E-state index contributed by atoms with van der Waals surface area (Å²) in [4.78, 5) is 33.6. The molecule has 0 aliphatic carbocycles. The van der Waals surface area contributed by atoms with E-state index in [4.69, 9.17) is 9.72 Å². The summed E-state index contributed by atoms with van der Waals surface area (Å²) >= 11 is 0. The molecule has 3 N–H and O–H groups in total. The van der Waals surface area contributed by atoms with Gasteiger partial charge in [-0.25, -0.2) is 15.0 Å². The highest BCUT2D eigenvalue weighted by atomic mass is 16.5. The first kappa shape index (κ1) is 29.8. The van der Waals surface area contributed by atoms with Crippen molar-refractivity contribution >= 4 is 45.9 Å². The Labute approximate surface area is 255 Å². The Balaban J connectivity index is 1.51. The molecule has 3 aromatic heterocycles. The number of methoxy groups -OCH3 is 1. The van der Waals surface area contributed by atoms with Gasteiger partial charge in [0.05, 0.1) is 29.9 Å². The van der Waals surface area contributed by atoms with E-state index in [0.717, 1.165) is 28.7 Å². The monoisotopic (exact) mass is 590 g/mol. The van der Waals surface area contributed by atoms with Crippen molar-refractivity contribution in [3.05, 3.63) is 78.6 Å². The number of hydrogen-bond acceptors (Lipinski definition) is 9. The lowest BCUT2D eigenvalue weighted by Crippen LogP contribution is -2.29. The molecular formula is C32H34N10O2. The van der Waals surface area contributed by atoms with E-state index < -0.39 is 5.91 Å². The molecule has 0 unspecified atom stereocenters. The number of amides is 1. The van der Waals surface area contributed by atoms with Crippen LogP contribution in [0.5, 0.6) is 5.75 Å². The molecule has 0 radical (unpaired) electrons. The second-order valence-corrected chi connectivity index (χ2v) is 10.5. The van der Waals surface area contributed by atoms with Crippen LogP contribution in [0.4, 0.5) is 23.0 Å². The number of anilines is 4. The number of fused-ring (bicyclic) bond motifs is 1. The number of hydrogen-bond donors (Lipinski definition) is 3. The van der Waals surface area contributed by atoms with Crippen LogP contribution in [0.25, 0.3) is 28.2 Å². The number of para-hydroxylation sites is 1. The molecule has 0 saturated heterocycles. The van der Waals surface area contributed by atoms with Crippen molar-refractivity contribution in [2.24, 2.45) is 7.05 Å². The molecular weight excluding hydrogens is 556 g/mol. The highest BCUT2D eigenvalue weighted by Crippen LogP contribution is 2.38. The summed E-state index contributed by atoms with van der Waals surface area (Å²) in [6.07, 6.45) is 8.32. The van der Waals surface area contributed by atoms with E-state index in [-0.39, 0.29) is 5.57 Å². The van der Waals surface area contributed by atoms with Crippen LogP contribution in [0.1, 0.15) is 5.82 Å². The van der Waals surface area contributed by atoms with E-state index in [9.17, 15) is 10.1 Å². The molecule has 1 amide bonds. The lowest BCUT2D eigenvalue weighted by Gasteiger charge is -2.26. The third-order valence-electron chi connectivity index (χ3n) is 7.10. The molecule has 0 atom stereocenters. The molecule has 224 valence electrons. The number of likely N-dealkylation sites (N-methyl/N-ethyl adjacent to an activating group) is 2. The normalized spacial score (nSPS) is 11.4. The predicted octanol–water partition coefficient (Wildman–Crippen LogP) is 4.65. The number of benzene rings is 2. The van der Waals surface area contributed by atoms with Gasteiger partial charge in [0.1, 0.15) is 23.2 Å². The van der Waals surface area contributed by atoms with E-state index in [0.29, 0.717) is 41.1 Å². The van der Waals surface area contributed by atoms with E-state index in [1.807, 2.05) is 69.6 Å². The van der Waals surface area contributed by atoms with Crippen LogP contribution >= 0.6 is 0 Å². The molecule has 12 heteroatoms. The van der Waals surface area contributed by atoms with Gasteiger partial charge < -0.3 is 34.7 Å². The van der Waals surface area contributed by atoms with Crippen LogP contribution in [0.15, 0.2) is 72.8 Å². The van der Waals surface area contributed by atoms with E-state index in [2.05, 4.69) is 47.2 Å². The number of nitrogens with zero attached hydrogens (tertiary/aromatic N) is 7. The number of carbonyl (C=O) groups is 1. The van der Waals surface area contributed by atoms with Crippen molar-refractivity contribution in [1.82, 2.24) is 29.4 Å². The summed E-state index contributed by atoms with van der Waals surface area (Å²) in [5.41, 5.74) is 4.47. The molecule has 44 heavy (non-hydrogen) atoms. The average Bonchev–Trinajstić information content (AvgIpc) is 3.66. The second kappa shape index (κ2) is 13.1. The fourth-order valence-electron chi connectivity index (χ4n) is 4.79. The Morgan fingerprint density at radius 1 is 1.11 bits per heavy atom. The molecule has 5 rings (SSSR count). The zero-order chi connectivity index (χ0) is 31.2. The van der Waals surface area contributed by atoms with Crippen LogP contribution in [0, 0.1) is 11.3 Å². The highest BCUT2D eigenvalue weighted by Gasteiger charge is 2.19. The molecule has 0 aliphatic heterocycles. The smallest absolute Gasteiger partial charge is 0.266 e. The average molecular weight is 591 g/mol. The number of aromatic amines is 1. The van der Waals surface area contributed by atoms with Crippen molar-refractivity contribution in [3.63, 3.8) is 0 Å². The number of aromatic nitrogens is 5. The van der Waals surface area contributed by atoms with Crippen molar-refractivity contribution in [2.45, 2.75) is 0 Å². The molecule has 0 bridgehead atoms. The SMILES string of the molecule is COc1cc(N(C)CCN(C)C)c(NC(=O)C(C#N)=Cc2ncc[nH]2)cc1Nc1nccc(-c2cn(C)c3ccccc23)n1. The summed E-state index contributed by atoms with van der Waals surface area (Å²) in [5.74, 6) is 0.715. The van der Waals surface area contributed by atoms with Crippen LogP contribution in [-0.4, -0.2) is 76.7 Å². The van der Waals surface area contributed by atoms with Gasteiger partial charge in [0.15, 0.2) is 0 Å². The Morgan fingerprint density at radius 3 is 2.66 bits per heavy atom. The van der Waals surface area contributed by atoms with Gasteiger partial charge in [0.2, 0.25) is 5.95 Å². The standard InChI is InChI=1S/C32H34N10O2/c1-40(2)14-15-41(3)28-18-29(44-5)26(17-25(28)37-31(43)21(19-33)16-30-34-12-13-35-30)39-32-36-11-10-24(38-32)23-20-42(4)27-9-7-6-8-22(23)27/h6-13,16-18,20H,14-15H2,1-5H3,(H,34,35)(H,37,43)(H,36,38,39). The number of rotatable bonds is 11. The van der Waals surface area contributed by atoms with Gasteiger partial charge in [-0.1, -0.05) is 18.2 Å². The minimum atomic E-state index is -0.573. The van der Waals surface area contributed by atoms with Crippen molar-refractivity contribution in [3.8, 4) is 23.1 Å². The Hall–Kier alpha value is -5.67. The highest BCUT2D eigenvalue weighted by molar-refractivity contribution is 6.11. The maximum Gasteiger partial charge on any atom is 0.266 e. The number of carbonyl (C=O) groups excluding carboxylic acids is 1. The fraction of sp³-hybridized carbons (Fsp3) is 0.219. The minimum Gasteiger partial charge on any atom is -0.494 e. The third-order valence-corrected chi connectivity index (χ3v) is 7.10.